The van der Waals surface area contributed by atoms with E-state index in [9.17, 15) is 4.79 Å². The molecule has 9 nitrogen and oxygen atoms in total. The van der Waals surface area contributed by atoms with E-state index in [1.165, 1.54) is 27.8 Å². The number of aryl methyl sites for hydroxylation is 4. The summed E-state index contributed by atoms with van der Waals surface area (Å²) in [5.74, 6) is 0.310. The van der Waals surface area contributed by atoms with Gasteiger partial charge < -0.3 is 29.4 Å². The third-order valence-corrected chi connectivity index (χ3v) is 10.2. The van der Waals surface area contributed by atoms with Crippen molar-refractivity contribution in [1.82, 2.24) is 24.8 Å². The minimum absolute atomic E-state index is 0.0000902. The Morgan fingerprint density at radius 3 is 2.27 bits per heavy atom. The summed E-state index contributed by atoms with van der Waals surface area (Å²) in [4.78, 5) is 32.9. The van der Waals surface area contributed by atoms with Crippen molar-refractivity contribution in [3.8, 4) is 0 Å². The van der Waals surface area contributed by atoms with Crippen LogP contribution in [0.5, 0.6) is 0 Å². The summed E-state index contributed by atoms with van der Waals surface area (Å²) in [6.45, 7) is 17.4. The number of carbonyl (C=O) groups is 1. The maximum atomic E-state index is 13.3. The standard InChI is InChI=1S/C39H53N5O4/c1-9-28-25(5)34-22-37-29(10-2)24(4)33(41-37)21-35-26(6)30(11-12-38(46)44(8)13-15-47-17-18-48-16-14-45)39(43-35)27(7)32-19-23(3)31(40-32)20-36(28)42-34/h19-22,26,30,40,42,45H,9-18H2,1-8H3/t26-,30-/m0/s1. The van der Waals surface area contributed by atoms with Gasteiger partial charge in [0, 0.05) is 65.3 Å². The minimum atomic E-state index is -0.0000902. The third-order valence-electron chi connectivity index (χ3n) is 10.2. The third kappa shape index (κ3) is 7.43. The van der Waals surface area contributed by atoms with Gasteiger partial charge in [-0.2, -0.15) is 0 Å². The molecule has 0 spiro atoms. The highest BCUT2D eigenvalue weighted by Crippen LogP contribution is 2.42. The van der Waals surface area contributed by atoms with Crippen molar-refractivity contribution in [1.29, 1.82) is 0 Å². The average molecular weight is 656 g/mol. The zero-order valence-electron chi connectivity index (χ0n) is 30.0. The van der Waals surface area contributed by atoms with E-state index in [1.54, 1.807) is 4.90 Å². The Morgan fingerprint density at radius 2 is 1.56 bits per heavy atom. The fourth-order valence-corrected chi connectivity index (χ4v) is 7.08. The second-order valence-electron chi connectivity index (χ2n) is 13.2. The number of aliphatic hydroxyl groups excluding tert-OH is 1. The molecule has 0 aromatic carbocycles. The van der Waals surface area contributed by atoms with E-state index in [-0.39, 0.29) is 24.3 Å². The molecule has 5 rings (SSSR count). The second-order valence-corrected chi connectivity index (χ2v) is 13.2. The zero-order valence-corrected chi connectivity index (χ0v) is 30.0. The molecule has 8 bridgehead atoms. The fraction of sp³-hybridized carbons (Fsp3) is 0.513. The molecule has 0 saturated carbocycles. The molecule has 2 aliphatic rings. The number of fused-ring (bicyclic) bond motifs is 8. The van der Waals surface area contributed by atoms with E-state index >= 15 is 0 Å². The molecule has 5 heterocycles. The second kappa shape index (κ2) is 15.6. The number of hydrogen-bond donors (Lipinski definition) is 3. The lowest BCUT2D eigenvalue weighted by atomic mass is 9.85. The molecule has 3 N–H and O–H groups in total. The lowest BCUT2D eigenvalue weighted by molar-refractivity contribution is -0.130. The van der Waals surface area contributed by atoms with Crippen molar-refractivity contribution in [2.24, 2.45) is 0 Å². The highest BCUT2D eigenvalue weighted by atomic mass is 16.5. The van der Waals surface area contributed by atoms with Crippen LogP contribution in [-0.2, 0) is 20.7 Å². The van der Waals surface area contributed by atoms with Crippen molar-refractivity contribution in [2.75, 3.05) is 46.6 Å². The normalized spacial score (nSPS) is 16.2. The number of nitrogens with zero attached hydrogens (tertiary/aromatic N) is 3. The van der Waals surface area contributed by atoms with Gasteiger partial charge in [-0.15, -0.1) is 0 Å². The smallest absolute Gasteiger partial charge is 0.222 e. The van der Waals surface area contributed by atoms with Crippen LogP contribution in [0.25, 0.3) is 33.2 Å². The van der Waals surface area contributed by atoms with Gasteiger partial charge in [0.2, 0.25) is 5.91 Å². The van der Waals surface area contributed by atoms with Gasteiger partial charge in [0.15, 0.2) is 0 Å². The Kier molecular flexibility index (Phi) is 11.6. The van der Waals surface area contributed by atoms with Crippen LogP contribution in [0, 0.1) is 20.8 Å². The first kappa shape index (κ1) is 35.5. The lowest BCUT2D eigenvalue weighted by Crippen LogP contribution is -2.30. The largest absolute Gasteiger partial charge is 0.394 e. The van der Waals surface area contributed by atoms with Crippen LogP contribution in [0.1, 0.15) is 104 Å². The Bertz CT molecular complexity index is 1840. The summed E-state index contributed by atoms with van der Waals surface area (Å²) in [7, 11) is 1.83. The molecule has 3 aromatic heterocycles. The number of likely N-dealkylation sites (N-methyl/N-ethyl adjacent to an activating group) is 1. The first-order valence-corrected chi connectivity index (χ1v) is 17.5. The van der Waals surface area contributed by atoms with Crippen LogP contribution in [0.15, 0.2) is 24.3 Å². The molecule has 0 saturated heterocycles. The topological polar surface area (TPSA) is 116 Å². The number of hydrogen-bond acceptors (Lipinski definition) is 6. The first-order valence-electron chi connectivity index (χ1n) is 17.5. The Hall–Kier alpha value is -3.79. The van der Waals surface area contributed by atoms with Gasteiger partial charge in [-0.3, -0.25) is 9.78 Å². The summed E-state index contributed by atoms with van der Waals surface area (Å²) >= 11 is 0. The maximum absolute atomic E-state index is 13.3. The van der Waals surface area contributed by atoms with Gasteiger partial charge in [-0.05, 0) is 105 Å². The van der Waals surface area contributed by atoms with E-state index in [0.717, 1.165) is 63.2 Å². The number of amides is 1. The molecule has 0 aliphatic carbocycles. The number of carbonyl (C=O) groups excluding carboxylic acids is 1. The lowest BCUT2D eigenvalue weighted by Gasteiger charge is -2.21. The molecule has 0 radical (unpaired) electrons. The molecule has 48 heavy (non-hydrogen) atoms. The molecular weight excluding hydrogens is 602 g/mol. The van der Waals surface area contributed by atoms with Gasteiger partial charge in [0.1, 0.15) is 0 Å². The average Bonchev–Trinajstić information content (AvgIpc) is 3.77. The molecule has 0 fully saturated rings. The van der Waals surface area contributed by atoms with Crippen LogP contribution < -0.4 is 0 Å². The number of rotatable bonds is 13. The predicted octanol–water partition coefficient (Wildman–Crippen LogP) is 7.29. The Morgan fingerprint density at radius 1 is 0.854 bits per heavy atom. The molecule has 2 aliphatic heterocycles. The van der Waals surface area contributed by atoms with E-state index < -0.39 is 0 Å². The summed E-state index contributed by atoms with van der Waals surface area (Å²) < 4.78 is 10.8. The number of nitrogens with one attached hydrogen (secondary N) is 2. The van der Waals surface area contributed by atoms with Crippen LogP contribution in [-0.4, -0.2) is 82.5 Å². The maximum Gasteiger partial charge on any atom is 0.222 e. The van der Waals surface area contributed by atoms with Crippen molar-refractivity contribution in [3.63, 3.8) is 0 Å². The zero-order chi connectivity index (χ0) is 34.5. The van der Waals surface area contributed by atoms with Crippen molar-refractivity contribution in [3.05, 3.63) is 69.3 Å². The van der Waals surface area contributed by atoms with Crippen LogP contribution in [0.3, 0.4) is 0 Å². The quantitative estimate of drug-likeness (QED) is 0.167. The molecule has 258 valence electrons. The fourth-order valence-electron chi connectivity index (χ4n) is 7.08. The van der Waals surface area contributed by atoms with E-state index in [1.807, 2.05) is 7.05 Å². The molecule has 1 amide bonds. The highest BCUT2D eigenvalue weighted by molar-refractivity contribution is 5.92. The molecule has 2 atom stereocenters. The van der Waals surface area contributed by atoms with E-state index in [2.05, 4.69) is 82.7 Å². The van der Waals surface area contributed by atoms with Gasteiger partial charge in [0.05, 0.1) is 44.4 Å². The predicted molar refractivity (Wildman–Crippen MR) is 194 cm³/mol. The number of aromatic amines is 2. The number of aromatic nitrogens is 4. The van der Waals surface area contributed by atoms with E-state index in [0.29, 0.717) is 45.8 Å². The molecule has 0 unspecified atom stereocenters. The molecule has 9 heteroatoms. The monoisotopic (exact) mass is 655 g/mol. The number of allylic oxidation sites excluding steroid dienone is 2. The number of H-pyrrole nitrogens is 2. The summed E-state index contributed by atoms with van der Waals surface area (Å²) in [5.41, 5.74) is 15.7. The molecular formula is C39H53N5O4. The van der Waals surface area contributed by atoms with E-state index in [4.69, 9.17) is 24.5 Å². The van der Waals surface area contributed by atoms with Gasteiger partial charge >= 0.3 is 0 Å². The first-order chi connectivity index (χ1) is 23.1. The van der Waals surface area contributed by atoms with Crippen molar-refractivity contribution < 1.29 is 19.4 Å². The Balaban J connectivity index is 1.53. The van der Waals surface area contributed by atoms with Gasteiger partial charge in [-0.1, -0.05) is 20.8 Å². The van der Waals surface area contributed by atoms with Crippen LogP contribution >= 0.6 is 0 Å². The van der Waals surface area contributed by atoms with Crippen LogP contribution in [0.2, 0.25) is 0 Å². The SMILES string of the molecule is CCC1=C(C)c2cc3nc(c(C)c4cc(C)c(cc5[nH]c(cc1n2)c(C)c5CC)[nH]4)[C@@H](CCC(=O)N(C)CCOCCOCCO)[C@@H]3C. The number of ether oxygens (including phenoxy) is 2. The van der Waals surface area contributed by atoms with Gasteiger partial charge in [0.25, 0.3) is 0 Å². The summed E-state index contributed by atoms with van der Waals surface area (Å²) in [6.07, 6.45) is 2.95. The van der Waals surface area contributed by atoms with Crippen LogP contribution in [0.4, 0.5) is 0 Å². The Labute approximate surface area is 284 Å². The molecule has 3 aromatic rings. The summed E-state index contributed by atoms with van der Waals surface area (Å²) in [6, 6.07) is 8.84. The van der Waals surface area contributed by atoms with Crippen molar-refractivity contribution in [2.45, 2.75) is 86.0 Å². The minimum Gasteiger partial charge on any atom is -0.394 e. The highest BCUT2D eigenvalue weighted by Gasteiger charge is 2.31. The number of aliphatic hydroxyl groups is 1. The summed E-state index contributed by atoms with van der Waals surface area (Å²) in [5, 5.41) is 8.82. The van der Waals surface area contributed by atoms with Gasteiger partial charge in [-0.25, -0.2) is 4.98 Å². The van der Waals surface area contributed by atoms with Crippen molar-refractivity contribution >= 4 is 39.1 Å².